The molecule has 0 fully saturated rings. The highest BCUT2D eigenvalue weighted by Crippen LogP contribution is 2.10. The van der Waals surface area contributed by atoms with Crippen LogP contribution in [-0.4, -0.2) is 21.1 Å². The van der Waals surface area contributed by atoms with E-state index >= 15 is 0 Å². The van der Waals surface area contributed by atoms with E-state index < -0.39 is 11.7 Å². The summed E-state index contributed by atoms with van der Waals surface area (Å²) in [5, 5.41) is 2.70. The number of carbonyl (C=O) groups excluding carboxylic acids is 1. The Bertz CT molecular complexity index is 596. The van der Waals surface area contributed by atoms with Gasteiger partial charge in [0, 0.05) is 12.4 Å². The average molecular weight is 261 g/mol. The van der Waals surface area contributed by atoms with E-state index in [1.807, 2.05) is 56.6 Å². The number of fused-ring (bicyclic) bond motifs is 1. The van der Waals surface area contributed by atoms with Gasteiger partial charge in [0.25, 0.3) is 0 Å². The van der Waals surface area contributed by atoms with Gasteiger partial charge >= 0.3 is 6.09 Å². The van der Waals surface area contributed by atoms with Gasteiger partial charge in [-0.25, -0.2) is 9.78 Å². The molecule has 0 aliphatic heterocycles. The van der Waals surface area contributed by atoms with Crippen molar-refractivity contribution >= 4 is 11.7 Å². The molecule has 2 heterocycles. The number of imidazole rings is 1. The number of nitrogens with one attached hydrogen (secondary N) is 1. The fraction of sp³-hybridized carbons (Fsp3) is 0.429. The molecule has 1 amide bonds. The smallest absolute Gasteiger partial charge is 0.407 e. The highest BCUT2D eigenvalue weighted by atomic mass is 16.6. The van der Waals surface area contributed by atoms with Crippen LogP contribution in [0.1, 0.15) is 32.0 Å². The number of aromatic nitrogens is 2. The number of hydrogen-bond acceptors (Lipinski definition) is 3. The van der Waals surface area contributed by atoms with Gasteiger partial charge in [0.1, 0.15) is 11.2 Å². The molecule has 0 spiro atoms. The first-order chi connectivity index (χ1) is 8.85. The van der Waals surface area contributed by atoms with E-state index in [9.17, 15) is 4.79 Å². The quantitative estimate of drug-likeness (QED) is 0.904. The van der Waals surface area contributed by atoms with Gasteiger partial charge in [0.05, 0.1) is 12.2 Å². The third kappa shape index (κ3) is 3.47. The highest BCUT2D eigenvalue weighted by molar-refractivity contribution is 5.67. The van der Waals surface area contributed by atoms with E-state index in [1.165, 1.54) is 0 Å². The standard InChI is InChI=1S/C14H19N3O2/c1-10-6-5-7-17-9-11(16-12(10)17)8-15-13(18)19-14(2,3)4/h5-7,9H,8H2,1-4H3,(H,15,18). The molecule has 5 nitrogen and oxygen atoms in total. The third-order valence-corrected chi connectivity index (χ3v) is 2.54. The second-order valence-electron chi connectivity index (χ2n) is 5.51. The van der Waals surface area contributed by atoms with Crippen molar-refractivity contribution in [3.63, 3.8) is 0 Å². The molecule has 0 radical (unpaired) electrons. The first kappa shape index (κ1) is 13.4. The van der Waals surface area contributed by atoms with Crippen molar-refractivity contribution < 1.29 is 9.53 Å². The SMILES string of the molecule is Cc1cccn2cc(CNC(=O)OC(C)(C)C)nc12. The number of hydrogen-bond donors (Lipinski definition) is 1. The molecule has 0 aliphatic rings. The van der Waals surface area contributed by atoms with Crippen molar-refractivity contribution in [1.82, 2.24) is 14.7 Å². The summed E-state index contributed by atoms with van der Waals surface area (Å²) in [4.78, 5) is 16.0. The van der Waals surface area contributed by atoms with Gasteiger partial charge in [-0.1, -0.05) is 6.07 Å². The van der Waals surface area contributed by atoms with E-state index in [2.05, 4.69) is 10.3 Å². The van der Waals surface area contributed by atoms with E-state index in [0.717, 1.165) is 16.9 Å². The van der Waals surface area contributed by atoms with Gasteiger partial charge in [0.15, 0.2) is 0 Å². The van der Waals surface area contributed by atoms with Crippen molar-refractivity contribution in [3.8, 4) is 0 Å². The minimum absolute atomic E-state index is 0.357. The lowest BCUT2D eigenvalue weighted by atomic mass is 10.2. The average Bonchev–Trinajstić information content (AvgIpc) is 2.68. The lowest BCUT2D eigenvalue weighted by molar-refractivity contribution is 0.0523. The van der Waals surface area contributed by atoms with Crippen LogP contribution >= 0.6 is 0 Å². The molecule has 0 saturated carbocycles. The number of carbonyl (C=O) groups is 1. The van der Waals surface area contributed by atoms with E-state index in [1.54, 1.807) is 0 Å². The van der Waals surface area contributed by atoms with Crippen LogP contribution in [0.3, 0.4) is 0 Å². The second-order valence-corrected chi connectivity index (χ2v) is 5.51. The van der Waals surface area contributed by atoms with Crippen LogP contribution in [0.5, 0.6) is 0 Å². The summed E-state index contributed by atoms with van der Waals surface area (Å²) in [6.45, 7) is 7.87. The van der Waals surface area contributed by atoms with Crippen LogP contribution in [-0.2, 0) is 11.3 Å². The number of nitrogens with zero attached hydrogens (tertiary/aromatic N) is 2. The molecule has 0 atom stereocenters. The molecule has 2 aromatic heterocycles. The normalized spacial score (nSPS) is 11.6. The Morgan fingerprint density at radius 2 is 2.21 bits per heavy atom. The molecule has 0 aromatic carbocycles. The highest BCUT2D eigenvalue weighted by Gasteiger charge is 2.16. The van der Waals surface area contributed by atoms with E-state index in [0.29, 0.717) is 6.54 Å². The first-order valence-corrected chi connectivity index (χ1v) is 6.25. The van der Waals surface area contributed by atoms with Gasteiger partial charge in [-0.3, -0.25) is 0 Å². The molecular formula is C14H19N3O2. The Kier molecular flexibility index (Phi) is 3.46. The molecule has 0 bridgehead atoms. The van der Waals surface area contributed by atoms with Crippen LogP contribution in [0.25, 0.3) is 5.65 Å². The maximum Gasteiger partial charge on any atom is 0.407 e. The summed E-state index contributed by atoms with van der Waals surface area (Å²) in [7, 11) is 0. The van der Waals surface area contributed by atoms with E-state index in [-0.39, 0.29) is 0 Å². The topological polar surface area (TPSA) is 55.6 Å². The van der Waals surface area contributed by atoms with Crippen LogP contribution in [0.2, 0.25) is 0 Å². The molecular weight excluding hydrogens is 242 g/mol. The monoisotopic (exact) mass is 261 g/mol. The van der Waals surface area contributed by atoms with Crippen molar-refractivity contribution in [2.45, 2.75) is 39.8 Å². The maximum atomic E-state index is 11.5. The molecule has 102 valence electrons. The number of aryl methyl sites for hydroxylation is 1. The fourth-order valence-electron chi connectivity index (χ4n) is 1.77. The predicted octanol–water partition coefficient (Wildman–Crippen LogP) is 2.67. The minimum Gasteiger partial charge on any atom is -0.444 e. The number of alkyl carbamates (subject to hydrolysis) is 1. The second kappa shape index (κ2) is 4.91. The van der Waals surface area contributed by atoms with Crippen molar-refractivity contribution in [2.24, 2.45) is 0 Å². The zero-order chi connectivity index (χ0) is 14.0. The molecule has 2 rings (SSSR count). The zero-order valence-corrected chi connectivity index (χ0v) is 11.7. The van der Waals surface area contributed by atoms with Crippen LogP contribution < -0.4 is 5.32 Å². The van der Waals surface area contributed by atoms with Crippen molar-refractivity contribution in [2.75, 3.05) is 0 Å². The molecule has 5 heteroatoms. The van der Waals surface area contributed by atoms with Crippen molar-refractivity contribution in [3.05, 3.63) is 35.8 Å². The van der Waals surface area contributed by atoms with Gasteiger partial charge in [-0.15, -0.1) is 0 Å². The summed E-state index contributed by atoms with van der Waals surface area (Å²) in [6.07, 6.45) is 3.41. The molecule has 0 aliphatic carbocycles. The Hall–Kier alpha value is -2.04. The third-order valence-electron chi connectivity index (χ3n) is 2.54. The van der Waals surface area contributed by atoms with Gasteiger partial charge in [0.2, 0.25) is 0 Å². The van der Waals surface area contributed by atoms with Crippen LogP contribution in [0.4, 0.5) is 4.79 Å². The predicted molar refractivity (Wildman–Crippen MR) is 73.0 cm³/mol. The lowest BCUT2D eigenvalue weighted by Crippen LogP contribution is -2.32. The summed E-state index contributed by atoms with van der Waals surface area (Å²) in [5.41, 5.74) is 2.33. The number of pyridine rings is 1. The van der Waals surface area contributed by atoms with E-state index in [4.69, 9.17) is 4.74 Å². The Balaban J connectivity index is 2.02. The van der Waals surface area contributed by atoms with Crippen LogP contribution in [0.15, 0.2) is 24.5 Å². The molecule has 19 heavy (non-hydrogen) atoms. The fourth-order valence-corrected chi connectivity index (χ4v) is 1.77. The lowest BCUT2D eigenvalue weighted by Gasteiger charge is -2.19. The summed E-state index contributed by atoms with van der Waals surface area (Å²) in [5.74, 6) is 0. The molecule has 1 N–H and O–H groups in total. The number of ether oxygens (including phenoxy) is 1. The summed E-state index contributed by atoms with van der Waals surface area (Å²) < 4.78 is 7.12. The van der Waals surface area contributed by atoms with Gasteiger partial charge < -0.3 is 14.5 Å². The Morgan fingerprint density at radius 1 is 1.47 bits per heavy atom. The summed E-state index contributed by atoms with van der Waals surface area (Å²) >= 11 is 0. The first-order valence-electron chi connectivity index (χ1n) is 6.25. The van der Waals surface area contributed by atoms with Gasteiger partial charge in [-0.05, 0) is 39.3 Å². The maximum absolute atomic E-state index is 11.5. The summed E-state index contributed by atoms with van der Waals surface area (Å²) in [6, 6.07) is 3.97. The van der Waals surface area contributed by atoms with Crippen LogP contribution in [0, 0.1) is 6.92 Å². The Morgan fingerprint density at radius 3 is 2.84 bits per heavy atom. The Labute approximate surface area is 112 Å². The number of rotatable bonds is 2. The minimum atomic E-state index is -0.487. The molecule has 0 unspecified atom stereocenters. The largest absolute Gasteiger partial charge is 0.444 e. The molecule has 0 saturated heterocycles. The number of amides is 1. The van der Waals surface area contributed by atoms with Crippen molar-refractivity contribution in [1.29, 1.82) is 0 Å². The van der Waals surface area contributed by atoms with Gasteiger partial charge in [-0.2, -0.15) is 0 Å². The zero-order valence-electron chi connectivity index (χ0n) is 11.7. The molecule has 2 aromatic rings.